The lowest BCUT2D eigenvalue weighted by Gasteiger charge is -2.10. The first-order valence-corrected chi connectivity index (χ1v) is 12.8. The number of ketones is 1. The van der Waals surface area contributed by atoms with E-state index in [2.05, 4.69) is 31.4 Å². The van der Waals surface area contributed by atoms with Gasteiger partial charge in [0.25, 0.3) is 5.91 Å². The number of hydrogen-bond donors (Lipinski definition) is 1. The third-order valence-electron chi connectivity index (χ3n) is 4.96. The van der Waals surface area contributed by atoms with Gasteiger partial charge in [0, 0.05) is 16.0 Å². The summed E-state index contributed by atoms with van der Waals surface area (Å²) < 4.78 is 2.12. The number of thiophene rings is 1. The molecule has 2 aromatic carbocycles. The van der Waals surface area contributed by atoms with Crippen LogP contribution in [0.4, 0.5) is 0 Å². The fraction of sp³-hybridized carbons (Fsp3) is 0.130. The Bertz CT molecular complexity index is 1400. The third-order valence-corrected chi connectivity index (χ3v) is 7.80. The molecule has 1 amide bonds. The minimum absolute atomic E-state index is 0.0662. The van der Waals surface area contributed by atoms with Crippen LogP contribution in [0.1, 0.15) is 43.9 Å². The van der Waals surface area contributed by atoms with Gasteiger partial charge >= 0.3 is 0 Å². The molecular formula is C23H16BrCl3N4O2S. The van der Waals surface area contributed by atoms with Crippen LogP contribution in [0.2, 0.25) is 15.1 Å². The van der Waals surface area contributed by atoms with Crippen molar-refractivity contribution in [3.05, 3.63) is 95.7 Å². The van der Waals surface area contributed by atoms with Gasteiger partial charge in [0.1, 0.15) is 5.00 Å². The maximum absolute atomic E-state index is 13.4. The van der Waals surface area contributed by atoms with E-state index in [0.717, 1.165) is 11.3 Å². The maximum atomic E-state index is 13.4. The van der Waals surface area contributed by atoms with E-state index in [1.165, 1.54) is 17.4 Å². The first-order chi connectivity index (χ1) is 16.3. The van der Waals surface area contributed by atoms with E-state index in [1.54, 1.807) is 41.0 Å². The fourth-order valence-electron chi connectivity index (χ4n) is 3.23. The first kappa shape index (κ1) is 24.9. The van der Waals surface area contributed by atoms with Crippen molar-refractivity contribution in [2.45, 2.75) is 19.9 Å². The highest BCUT2D eigenvalue weighted by Crippen LogP contribution is 2.33. The highest BCUT2D eigenvalue weighted by atomic mass is 79.9. The summed E-state index contributed by atoms with van der Waals surface area (Å²) in [6.07, 6.45) is 0.747. The molecule has 0 saturated carbocycles. The van der Waals surface area contributed by atoms with Gasteiger partial charge in [-0.05, 0) is 58.7 Å². The molecule has 11 heteroatoms. The standard InChI is InChI=1S/C23H16BrCl3N4O2S/c1-2-13-10-15(20(32)14-5-3-4-6-16(14)25)22(34-13)31-19(29-30-23(31)24)11-28-21(33)12-7-8-17(26)18(27)9-12/h3-10H,2,11H2,1H3,(H,28,33). The van der Waals surface area contributed by atoms with E-state index in [1.807, 2.05) is 13.0 Å². The van der Waals surface area contributed by atoms with Gasteiger partial charge in [-0.25, -0.2) is 0 Å². The van der Waals surface area contributed by atoms with Gasteiger partial charge in [-0.3, -0.25) is 14.2 Å². The Morgan fingerprint density at radius 3 is 2.47 bits per heavy atom. The summed E-state index contributed by atoms with van der Waals surface area (Å²) in [5.41, 5.74) is 1.25. The topological polar surface area (TPSA) is 76.9 Å². The third kappa shape index (κ3) is 5.06. The lowest BCUT2D eigenvalue weighted by molar-refractivity contribution is 0.0948. The number of hydrogen-bond acceptors (Lipinski definition) is 5. The van der Waals surface area contributed by atoms with Crippen LogP contribution in [0.3, 0.4) is 0 Å². The number of carbonyl (C=O) groups excluding carboxylic acids is 2. The summed E-state index contributed by atoms with van der Waals surface area (Å²) in [6.45, 7) is 2.08. The van der Waals surface area contributed by atoms with Gasteiger partial charge < -0.3 is 5.32 Å². The second kappa shape index (κ2) is 10.6. The van der Waals surface area contributed by atoms with E-state index in [0.29, 0.717) is 42.3 Å². The molecule has 1 N–H and O–H groups in total. The molecule has 0 radical (unpaired) electrons. The number of aromatic nitrogens is 3. The molecule has 0 saturated heterocycles. The van der Waals surface area contributed by atoms with Crippen LogP contribution >= 0.6 is 62.1 Å². The number of benzene rings is 2. The van der Waals surface area contributed by atoms with E-state index in [-0.39, 0.29) is 23.3 Å². The van der Waals surface area contributed by atoms with Crippen molar-refractivity contribution >= 4 is 73.8 Å². The number of halogens is 4. The Morgan fingerprint density at radius 2 is 1.76 bits per heavy atom. The van der Waals surface area contributed by atoms with Crippen molar-refractivity contribution in [2.24, 2.45) is 0 Å². The Kier molecular flexibility index (Phi) is 7.74. The SMILES string of the molecule is CCc1cc(C(=O)c2ccccc2Cl)c(-n2c(Br)nnc2CNC(=O)c2ccc(Cl)c(Cl)c2)s1. The van der Waals surface area contributed by atoms with Crippen molar-refractivity contribution in [2.75, 3.05) is 0 Å². The summed E-state index contributed by atoms with van der Waals surface area (Å²) in [7, 11) is 0. The average molecular weight is 599 g/mol. The number of rotatable bonds is 7. The smallest absolute Gasteiger partial charge is 0.251 e. The lowest BCUT2D eigenvalue weighted by Crippen LogP contribution is -2.24. The minimum Gasteiger partial charge on any atom is -0.345 e. The van der Waals surface area contributed by atoms with E-state index < -0.39 is 0 Å². The van der Waals surface area contributed by atoms with Crippen molar-refractivity contribution in [1.82, 2.24) is 20.1 Å². The van der Waals surface area contributed by atoms with Gasteiger partial charge in [0.15, 0.2) is 11.6 Å². The van der Waals surface area contributed by atoms with E-state index in [9.17, 15) is 9.59 Å². The zero-order valence-corrected chi connectivity index (χ0v) is 22.3. The van der Waals surface area contributed by atoms with Crippen LogP contribution in [-0.4, -0.2) is 26.5 Å². The summed E-state index contributed by atoms with van der Waals surface area (Å²) in [5.74, 6) is -0.113. The van der Waals surface area contributed by atoms with Gasteiger partial charge in [-0.15, -0.1) is 21.5 Å². The van der Waals surface area contributed by atoms with Crippen LogP contribution in [0, 0.1) is 0 Å². The Morgan fingerprint density at radius 1 is 1.00 bits per heavy atom. The van der Waals surface area contributed by atoms with Crippen LogP contribution in [0.15, 0.2) is 53.3 Å². The highest BCUT2D eigenvalue weighted by molar-refractivity contribution is 9.10. The van der Waals surface area contributed by atoms with Crippen LogP contribution in [0.5, 0.6) is 0 Å². The number of aryl methyl sites for hydroxylation is 1. The molecular weight excluding hydrogens is 583 g/mol. The number of carbonyl (C=O) groups is 2. The maximum Gasteiger partial charge on any atom is 0.251 e. The van der Waals surface area contributed by atoms with Gasteiger partial charge in [0.05, 0.1) is 27.2 Å². The molecule has 34 heavy (non-hydrogen) atoms. The van der Waals surface area contributed by atoms with Crippen LogP contribution < -0.4 is 5.32 Å². The Hall–Kier alpha value is -2.23. The predicted octanol–water partition coefficient (Wildman–Crippen LogP) is 6.77. The molecule has 0 aliphatic carbocycles. The van der Waals surface area contributed by atoms with Crippen molar-refractivity contribution < 1.29 is 9.59 Å². The molecule has 0 spiro atoms. The number of amides is 1. The minimum atomic E-state index is -0.350. The van der Waals surface area contributed by atoms with Crippen LogP contribution in [0.25, 0.3) is 5.00 Å². The molecule has 0 aliphatic heterocycles. The van der Waals surface area contributed by atoms with Crippen molar-refractivity contribution in [3.8, 4) is 5.00 Å². The first-order valence-electron chi connectivity index (χ1n) is 10.1. The Balaban J connectivity index is 1.67. The molecule has 0 bridgehead atoms. The molecule has 2 heterocycles. The predicted molar refractivity (Wildman–Crippen MR) is 139 cm³/mol. The second-order valence-corrected chi connectivity index (χ2v) is 10.2. The summed E-state index contributed by atoms with van der Waals surface area (Å²) in [4.78, 5) is 27.1. The normalized spacial score (nSPS) is 11.0. The van der Waals surface area contributed by atoms with Gasteiger partial charge in [-0.2, -0.15) is 0 Å². The summed E-state index contributed by atoms with van der Waals surface area (Å²) in [5, 5.41) is 12.8. The molecule has 0 atom stereocenters. The van der Waals surface area contributed by atoms with Crippen molar-refractivity contribution in [3.63, 3.8) is 0 Å². The average Bonchev–Trinajstić information content (AvgIpc) is 3.41. The molecule has 6 nitrogen and oxygen atoms in total. The number of nitrogens with zero attached hydrogens (tertiary/aromatic N) is 3. The summed E-state index contributed by atoms with van der Waals surface area (Å²) in [6, 6.07) is 13.4. The molecule has 0 unspecified atom stereocenters. The fourth-order valence-corrected chi connectivity index (χ4v) is 5.45. The summed E-state index contributed by atoms with van der Waals surface area (Å²) >= 11 is 23.1. The van der Waals surface area contributed by atoms with Crippen molar-refractivity contribution in [1.29, 1.82) is 0 Å². The molecule has 0 fully saturated rings. The molecule has 4 aromatic rings. The second-order valence-electron chi connectivity index (χ2n) is 7.13. The lowest BCUT2D eigenvalue weighted by atomic mass is 10.0. The zero-order valence-electron chi connectivity index (χ0n) is 17.6. The molecule has 4 rings (SSSR count). The quantitative estimate of drug-likeness (QED) is 0.238. The number of nitrogens with one attached hydrogen (secondary N) is 1. The monoisotopic (exact) mass is 596 g/mol. The molecule has 0 aliphatic rings. The van der Waals surface area contributed by atoms with Gasteiger partial charge in [-0.1, -0.05) is 53.9 Å². The van der Waals surface area contributed by atoms with Gasteiger partial charge in [0.2, 0.25) is 4.73 Å². The zero-order chi connectivity index (χ0) is 24.4. The Labute approximate surface area is 223 Å². The van der Waals surface area contributed by atoms with E-state index in [4.69, 9.17) is 34.8 Å². The highest BCUT2D eigenvalue weighted by Gasteiger charge is 2.24. The van der Waals surface area contributed by atoms with E-state index >= 15 is 0 Å². The largest absolute Gasteiger partial charge is 0.345 e. The van der Waals surface area contributed by atoms with Crippen LogP contribution in [-0.2, 0) is 13.0 Å². The molecule has 174 valence electrons. The molecule has 2 aromatic heterocycles.